The third-order valence-corrected chi connectivity index (χ3v) is 5.39. The Morgan fingerprint density at radius 1 is 1.60 bits per heavy atom. The lowest BCUT2D eigenvalue weighted by molar-refractivity contribution is -0.141. The lowest BCUT2D eigenvalue weighted by atomic mass is 10.3. The first-order valence-corrected chi connectivity index (χ1v) is 8.21. The third-order valence-electron chi connectivity index (χ3n) is 3.02. The number of aromatic nitrogens is 1. The zero-order valence-corrected chi connectivity index (χ0v) is 13.0. The van der Waals surface area contributed by atoms with E-state index in [1.807, 2.05) is 13.8 Å². The van der Waals surface area contributed by atoms with Crippen molar-refractivity contribution in [3.05, 3.63) is 16.1 Å². The fourth-order valence-corrected chi connectivity index (χ4v) is 4.14. The molecule has 1 aromatic rings. The second-order valence-corrected chi connectivity index (χ2v) is 7.01. The highest BCUT2D eigenvalue weighted by molar-refractivity contribution is 8.00. The quantitative estimate of drug-likeness (QED) is 0.887. The Kier molecular flexibility index (Phi) is 4.87. The largest absolute Gasteiger partial charge is 0.480 e. The summed E-state index contributed by atoms with van der Waals surface area (Å²) in [6, 6.07) is -1.08. The van der Waals surface area contributed by atoms with E-state index in [0.29, 0.717) is 12.3 Å². The van der Waals surface area contributed by atoms with E-state index in [9.17, 15) is 14.7 Å². The molecule has 0 aliphatic carbocycles. The fourth-order valence-electron chi connectivity index (χ4n) is 2.07. The summed E-state index contributed by atoms with van der Waals surface area (Å²) in [5.74, 6) is -0.508. The molecule has 2 amide bonds. The van der Waals surface area contributed by atoms with Crippen LogP contribution in [0, 0.1) is 6.92 Å². The molecule has 0 saturated carbocycles. The number of aryl methyl sites for hydroxylation is 1. The maximum Gasteiger partial charge on any atom is 0.327 e. The topological polar surface area (TPSA) is 82.5 Å². The predicted octanol–water partition coefficient (Wildman–Crippen LogP) is 1.90. The Balaban J connectivity index is 2.00. The van der Waals surface area contributed by atoms with Crippen molar-refractivity contribution in [2.75, 3.05) is 5.75 Å². The Bertz CT molecular complexity index is 506. The number of carbonyl (C=O) groups is 2. The number of aliphatic carboxylic acids is 1. The summed E-state index contributed by atoms with van der Waals surface area (Å²) in [6.45, 7) is 4.24. The maximum atomic E-state index is 12.2. The van der Waals surface area contributed by atoms with Crippen molar-refractivity contribution in [1.82, 2.24) is 15.2 Å². The van der Waals surface area contributed by atoms with Gasteiger partial charge in [-0.25, -0.2) is 14.6 Å². The van der Waals surface area contributed by atoms with Gasteiger partial charge in [-0.3, -0.25) is 4.90 Å². The lowest BCUT2D eigenvalue weighted by Crippen LogP contribution is -2.49. The van der Waals surface area contributed by atoms with Gasteiger partial charge in [0.15, 0.2) is 0 Å². The van der Waals surface area contributed by atoms with E-state index in [2.05, 4.69) is 10.3 Å². The molecule has 110 valence electrons. The van der Waals surface area contributed by atoms with Crippen LogP contribution in [0.15, 0.2) is 6.20 Å². The molecule has 2 unspecified atom stereocenters. The van der Waals surface area contributed by atoms with Crippen LogP contribution >= 0.6 is 23.1 Å². The molecular weight excluding hydrogens is 298 g/mol. The number of carboxylic acid groups (broad SMARTS) is 1. The summed E-state index contributed by atoms with van der Waals surface area (Å²) in [5, 5.41) is 12.7. The van der Waals surface area contributed by atoms with Gasteiger partial charge < -0.3 is 10.4 Å². The van der Waals surface area contributed by atoms with Gasteiger partial charge in [-0.05, 0) is 13.3 Å². The van der Waals surface area contributed by atoms with Gasteiger partial charge in [-0.1, -0.05) is 6.92 Å². The molecule has 8 heteroatoms. The number of carboxylic acids is 1. The molecule has 2 atom stereocenters. The number of thioether (sulfide) groups is 1. The zero-order chi connectivity index (χ0) is 14.7. The fraction of sp³-hybridized carbons (Fsp3) is 0.583. The van der Waals surface area contributed by atoms with Crippen molar-refractivity contribution in [3.63, 3.8) is 0 Å². The molecule has 6 nitrogen and oxygen atoms in total. The maximum absolute atomic E-state index is 12.2. The Labute approximate surface area is 125 Å². The van der Waals surface area contributed by atoms with Crippen molar-refractivity contribution in [2.45, 2.75) is 38.2 Å². The summed E-state index contributed by atoms with van der Waals surface area (Å²) in [4.78, 5) is 30.1. The van der Waals surface area contributed by atoms with Crippen LogP contribution in [-0.2, 0) is 11.3 Å². The molecule has 1 fully saturated rings. The van der Waals surface area contributed by atoms with Crippen molar-refractivity contribution < 1.29 is 14.7 Å². The number of carbonyl (C=O) groups excluding carboxylic acids is 1. The smallest absolute Gasteiger partial charge is 0.327 e. The summed E-state index contributed by atoms with van der Waals surface area (Å²) in [7, 11) is 0. The number of amides is 2. The SMILES string of the molecule is CCC1SCC(C(=O)O)N1C(=O)NCc1ncc(C)s1. The molecule has 0 aromatic carbocycles. The first kappa shape index (κ1) is 15.1. The van der Waals surface area contributed by atoms with Gasteiger partial charge in [0.05, 0.1) is 11.9 Å². The van der Waals surface area contributed by atoms with Gasteiger partial charge in [0.1, 0.15) is 11.0 Å². The first-order valence-electron chi connectivity index (χ1n) is 6.34. The Hall–Kier alpha value is -1.28. The average molecular weight is 315 g/mol. The van der Waals surface area contributed by atoms with E-state index in [4.69, 9.17) is 0 Å². The molecule has 20 heavy (non-hydrogen) atoms. The highest BCUT2D eigenvalue weighted by Gasteiger charge is 2.40. The molecule has 0 bridgehead atoms. The minimum absolute atomic E-state index is 0.0749. The summed E-state index contributed by atoms with van der Waals surface area (Å²) in [6.07, 6.45) is 2.49. The molecule has 2 N–H and O–H groups in total. The number of nitrogens with one attached hydrogen (secondary N) is 1. The first-order chi connectivity index (χ1) is 9.52. The van der Waals surface area contributed by atoms with Crippen LogP contribution in [0.5, 0.6) is 0 Å². The number of urea groups is 1. The predicted molar refractivity (Wildman–Crippen MR) is 78.9 cm³/mol. The average Bonchev–Trinajstić information content (AvgIpc) is 3.01. The molecule has 2 rings (SSSR count). The number of nitrogens with zero attached hydrogens (tertiary/aromatic N) is 2. The highest BCUT2D eigenvalue weighted by Crippen LogP contribution is 2.31. The highest BCUT2D eigenvalue weighted by atomic mass is 32.2. The monoisotopic (exact) mass is 315 g/mol. The lowest BCUT2D eigenvalue weighted by Gasteiger charge is -2.26. The van der Waals surface area contributed by atoms with Gasteiger partial charge in [-0.2, -0.15) is 0 Å². The molecule has 0 radical (unpaired) electrons. The van der Waals surface area contributed by atoms with Crippen molar-refractivity contribution >= 4 is 35.1 Å². The van der Waals surface area contributed by atoms with Crippen LogP contribution in [0.25, 0.3) is 0 Å². The van der Waals surface area contributed by atoms with Crippen molar-refractivity contribution in [2.24, 2.45) is 0 Å². The summed E-state index contributed by atoms with van der Waals surface area (Å²) >= 11 is 3.03. The van der Waals surface area contributed by atoms with Gasteiger partial charge in [-0.15, -0.1) is 23.1 Å². The number of hydrogen-bond acceptors (Lipinski definition) is 5. The van der Waals surface area contributed by atoms with Crippen LogP contribution in [0.2, 0.25) is 0 Å². The molecule has 1 aliphatic rings. The molecule has 1 saturated heterocycles. The van der Waals surface area contributed by atoms with Crippen LogP contribution in [0.3, 0.4) is 0 Å². The normalized spacial score (nSPS) is 22.0. The van der Waals surface area contributed by atoms with Gasteiger partial charge >= 0.3 is 12.0 Å². The van der Waals surface area contributed by atoms with E-state index >= 15 is 0 Å². The van der Waals surface area contributed by atoms with Gasteiger partial charge in [0, 0.05) is 16.8 Å². The zero-order valence-electron chi connectivity index (χ0n) is 11.3. The van der Waals surface area contributed by atoms with E-state index in [0.717, 1.165) is 16.3 Å². The van der Waals surface area contributed by atoms with Crippen LogP contribution in [-0.4, -0.2) is 44.2 Å². The minimum atomic E-state index is -0.950. The number of rotatable bonds is 4. The molecule has 1 aliphatic heterocycles. The minimum Gasteiger partial charge on any atom is -0.480 e. The van der Waals surface area contributed by atoms with Crippen LogP contribution < -0.4 is 5.32 Å². The second kappa shape index (κ2) is 6.45. The van der Waals surface area contributed by atoms with Crippen molar-refractivity contribution in [1.29, 1.82) is 0 Å². The number of thiazole rings is 1. The Morgan fingerprint density at radius 3 is 2.90 bits per heavy atom. The van der Waals surface area contributed by atoms with Crippen molar-refractivity contribution in [3.8, 4) is 0 Å². The van der Waals surface area contributed by atoms with E-state index < -0.39 is 12.0 Å². The van der Waals surface area contributed by atoms with Gasteiger partial charge in [0.25, 0.3) is 0 Å². The number of hydrogen-bond donors (Lipinski definition) is 2. The van der Waals surface area contributed by atoms with E-state index in [1.165, 1.54) is 28.0 Å². The standard InChI is InChI=1S/C12H17N3O3S2/c1-3-10-15(8(6-19-10)11(16)17)12(18)14-5-9-13-4-7(2)20-9/h4,8,10H,3,5-6H2,1-2H3,(H,14,18)(H,16,17). The van der Waals surface area contributed by atoms with E-state index in [-0.39, 0.29) is 11.4 Å². The van der Waals surface area contributed by atoms with Crippen LogP contribution in [0.4, 0.5) is 4.79 Å². The molecule has 0 spiro atoms. The molecule has 1 aromatic heterocycles. The summed E-state index contributed by atoms with van der Waals surface area (Å²) < 4.78 is 0. The van der Waals surface area contributed by atoms with E-state index in [1.54, 1.807) is 6.20 Å². The summed E-state index contributed by atoms with van der Waals surface area (Å²) in [5.41, 5.74) is 0. The van der Waals surface area contributed by atoms with Crippen LogP contribution in [0.1, 0.15) is 23.2 Å². The molecular formula is C12H17N3O3S2. The van der Waals surface area contributed by atoms with Gasteiger partial charge in [0.2, 0.25) is 0 Å². The Morgan fingerprint density at radius 2 is 2.35 bits per heavy atom. The molecule has 2 heterocycles. The third kappa shape index (κ3) is 3.24. The second-order valence-electron chi connectivity index (χ2n) is 4.48.